The molecule has 0 aliphatic heterocycles. The van der Waals surface area contributed by atoms with Crippen molar-refractivity contribution in [2.24, 2.45) is 0 Å². The Morgan fingerprint density at radius 3 is 1.33 bits per heavy atom. The fourth-order valence-electron chi connectivity index (χ4n) is 6.06. The van der Waals surface area contributed by atoms with Crippen LogP contribution in [0.1, 0.15) is 0 Å². The van der Waals surface area contributed by atoms with E-state index in [1.54, 1.807) is 0 Å². The summed E-state index contributed by atoms with van der Waals surface area (Å²) in [4.78, 5) is 14.3. The van der Waals surface area contributed by atoms with Gasteiger partial charge in [-0.1, -0.05) is 97.1 Å². The second-order valence-electron chi connectivity index (χ2n) is 10.5. The smallest absolute Gasteiger partial charge is 0.0900 e. The molecule has 0 spiro atoms. The Bertz CT molecular complexity index is 2120. The molecule has 3 aromatic heterocycles. The third kappa shape index (κ3) is 4.11. The summed E-state index contributed by atoms with van der Waals surface area (Å²) in [5.74, 6) is 0. The molecule has 0 unspecified atom stereocenters. The van der Waals surface area contributed by atoms with E-state index in [2.05, 4.69) is 113 Å². The van der Waals surface area contributed by atoms with Crippen molar-refractivity contribution in [2.75, 3.05) is 0 Å². The lowest BCUT2D eigenvalue weighted by Crippen LogP contribution is -1.96. The average molecular weight is 536 g/mol. The highest BCUT2D eigenvalue weighted by Crippen LogP contribution is 2.45. The van der Waals surface area contributed by atoms with E-state index in [-0.39, 0.29) is 0 Å². The molecule has 42 heavy (non-hydrogen) atoms. The normalized spacial score (nSPS) is 11.3. The summed E-state index contributed by atoms with van der Waals surface area (Å²) in [6.07, 6.45) is 3.63. The van der Waals surface area contributed by atoms with Crippen LogP contribution < -0.4 is 0 Å². The summed E-state index contributed by atoms with van der Waals surface area (Å²) < 4.78 is 0. The summed E-state index contributed by atoms with van der Waals surface area (Å²) in [6.45, 7) is 0. The Labute approximate surface area is 243 Å². The Balaban J connectivity index is 1.46. The fourth-order valence-corrected chi connectivity index (χ4v) is 6.06. The Morgan fingerprint density at radius 2 is 0.810 bits per heavy atom. The van der Waals surface area contributed by atoms with Gasteiger partial charge in [0.1, 0.15) is 0 Å². The van der Waals surface area contributed by atoms with Crippen LogP contribution in [0.4, 0.5) is 0 Å². The highest BCUT2D eigenvalue weighted by Gasteiger charge is 2.19. The van der Waals surface area contributed by atoms with Gasteiger partial charge in [0.15, 0.2) is 0 Å². The maximum atomic E-state index is 5.03. The third-order valence-electron chi connectivity index (χ3n) is 7.94. The molecule has 0 aliphatic carbocycles. The predicted octanol–water partition coefficient (Wildman–Crippen LogP) is 10.00. The van der Waals surface area contributed by atoms with E-state index in [0.29, 0.717) is 0 Å². The van der Waals surface area contributed by atoms with Gasteiger partial charge in [0.25, 0.3) is 0 Å². The quantitative estimate of drug-likeness (QED) is 0.211. The number of hydrogen-bond donors (Lipinski definition) is 0. The number of aromatic nitrogens is 3. The SMILES string of the molecule is c1ccc(-c2cc(-c3c4ccccc4c(-c4ccc5ccccc5c4)c4ccccc34)cc(-c3ccccn3)n2)nc1. The van der Waals surface area contributed by atoms with Crippen LogP contribution in [-0.2, 0) is 0 Å². The Hall–Kier alpha value is -5.67. The molecule has 0 N–H and O–H groups in total. The molecule has 0 bridgehead atoms. The number of rotatable bonds is 4. The van der Waals surface area contributed by atoms with Crippen molar-refractivity contribution < 1.29 is 0 Å². The lowest BCUT2D eigenvalue weighted by atomic mass is 9.85. The van der Waals surface area contributed by atoms with Crippen LogP contribution in [0, 0.1) is 0 Å². The van der Waals surface area contributed by atoms with Crippen molar-refractivity contribution in [1.82, 2.24) is 15.0 Å². The summed E-state index contributed by atoms with van der Waals surface area (Å²) in [5, 5.41) is 7.32. The van der Waals surface area contributed by atoms with Crippen molar-refractivity contribution in [2.45, 2.75) is 0 Å². The third-order valence-corrected chi connectivity index (χ3v) is 7.94. The molecule has 0 saturated heterocycles. The molecular weight excluding hydrogens is 510 g/mol. The average Bonchev–Trinajstić information content (AvgIpc) is 3.07. The molecular formula is C39H25N3. The minimum Gasteiger partial charge on any atom is -0.255 e. The van der Waals surface area contributed by atoms with Gasteiger partial charge in [-0.3, -0.25) is 9.97 Å². The van der Waals surface area contributed by atoms with E-state index >= 15 is 0 Å². The van der Waals surface area contributed by atoms with E-state index in [1.165, 1.54) is 49.0 Å². The van der Waals surface area contributed by atoms with Gasteiger partial charge < -0.3 is 0 Å². The van der Waals surface area contributed by atoms with Crippen LogP contribution in [0.3, 0.4) is 0 Å². The minimum atomic E-state index is 0.820. The standard InChI is InChI=1S/C39H25N3/c1-2-12-27-23-28(20-19-26(27)11-1)38-30-13-3-5-15-32(30)39(33-16-6-4-14-31(33)38)29-24-36(34-17-7-9-21-40-34)42-37(25-29)35-18-8-10-22-41-35/h1-25H. The van der Waals surface area contributed by atoms with Gasteiger partial charge in [-0.15, -0.1) is 0 Å². The Morgan fingerprint density at radius 1 is 0.333 bits per heavy atom. The summed E-state index contributed by atoms with van der Waals surface area (Å²) in [5.41, 5.74) is 8.04. The molecule has 5 aromatic carbocycles. The van der Waals surface area contributed by atoms with Crippen molar-refractivity contribution in [1.29, 1.82) is 0 Å². The van der Waals surface area contributed by atoms with Gasteiger partial charge in [-0.25, -0.2) is 4.98 Å². The number of pyridine rings is 3. The molecule has 0 fully saturated rings. The molecule has 0 aliphatic rings. The van der Waals surface area contributed by atoms with Crippen LogP contribution in [0.15, 0.2) is 152 Å². The molecule has 3 heterocycles. The molecule has 8 rings (SSSR count). The van der Waals surface area contributed by atoms with E-state index in [9.17, 15) is 0 Å². The molecule has 0 saturated carbocycles. The van der Waals surface area contributed by atoms with Gasteiger partial charge in [0, 0.05) is 12.4 Å². The fraction of sp³-hybridized carbons (Fsp3) is 0. The first-order valence-electron chi connectivity index (χ1n) is 14.1. The van der Waals surface area contributed by atoms with Crippen LogP contribution in [0.25, 0.3) is 77.3 Å². The van der Waals surface area contributed by atoms with Crippen LogP contribution in [0.5, 0.6) is 0 Å². The van der Waals surface area contributed by atoms with E-state index in [4.69, 9.17) is 4.98 Å². The van der Waals surface area contributed by atoms with Crippen molar-refractivity contribution in [3.05, 3.63) is 152 Å². The second kappa shape index (κ2) is 10.1. The summed E-state index contributed by atoms with van der Waals surface area (Å²) >= 11 is 0. The molecule has 0 radical (unpaired) electrons. The maximum absolute atomic E-state index is 5.03. The van der Waals surface area contributed by atoms with E-state index in [1.807, 2.05) is 48.8 Å². The largest absolute Gasteiger partial charge is 0.255 e. The van der Waals surface area contributed by atoms with Gasteiger partial charge >= 0.3 is 0 Å². The summed E-state index contributed by atoms with van der Waals surface area (Å²) in [7, 11) is 0. The molecule has 8 aromatic rings. The first kappa shape index (κ1) is 24.2. The first-order valence-corrected chi connectivity index (χ1v) is 14.1. The highest BCUT2D eigenvalue weighted by atomic mass is 14.8. The molecule has 3 nitrogen and oxygen atoms in total. The Kier molecular flexibility index (Phi) is 5.79. The van der Waals surface area contributed by atoms with E-state index < -0.39 is 0 Å². The molecule has 0 atom stereocenters. The van der Waals surface area contributed by atoms with Crippen molar-refractivity contribution in [3.63, 3.8) is 0 Å². The van der Waals surface area contributed by atoms with Crippen LogP contribution >= 0.6 is 0 Å². The zero-order valence-electron chi connectivity index (χ0n) is 22.8. The molecule has 3 heteroatoms. The lowest BCUT2D eigenvalue weighted by molar-refractivity contribution is 1.22. The van der Waals surface area contributed by atoms with Gasteiger partial charge in [0.2, 0.25) is 0 Å². The van der Waals surface area contributed by atoms with Gasteiger partial charge in [-0.05, 0) is 97.0 Å². The number of nitrogens with zero attached hydrogens (tertiary/aromatic N) is 3. The van der Waals surface area contributed by atoms with Crippen molar-refractivity contribution in [3.8, 4) is 45.0 Å². The number of fused-ring (bicyclic) bond motifs is 3. The molecule has 0 amide bonds. The second-order valence-corrected chi connectivity index (χ2v) is 10.5. The van der Waals surface area contributed by atoms with Gasteiger partial charge in [0.05, 0.1) is 22.8 Å². The highest BCUT2D eigenvalue weighted by molar-refractivity contribution is 6.21. The number of hydrogen-bond acceptors (Lipinski definition) is 3. The first-order chi connectivity index (χ1) is 20.8. The molecule has 196 valence electrons. The van der Waals surface area contributed by atoms with Crippen molar-refractivity contribution >= 4 is 32.3 Å². The minimum absolute atomic E-state index is 0.820. The monoisotopic (exact) mass is 535 g/mol. The predicted molar refractivity (Wildman–Crippen MR) is 174 cm³/mol. The van der Waals surface area contributed by atoms with Crippen LogP contribution in [-0.4, -0.2) is 15.0 Å². The topological polar surface area (TPSA) is 38.7 Å². The lowest BCUT2D eigenvalue weighted by Gasteiger charge is -2.19. The van der Waals surface area contributed by atoms with Gasteiger partial charge in [-0.2, -0.15) is 0 Å². The summed E-state index contributed by atoms with van der Waals surface area (Å²) in [6, 6.07) is 49.0. The number of benzene rings is 5. The van der Waals surface area contributed by atoms with Crippen LogP contribution in [0.2, 0.25) is 0 Å². The maximum Gasteiger partial charge on any atom is 0.0900 e. The zero-order chi connectivity index (χ0) is 27.9. The van der Waals surface area contributed by atoms with E-state index in [0.717, 1.165) is 28.3 Å². The zero-order valence-corrected chi connectivity index (χ0v) is 22.8.